The molecule has 0 amide bonds. The molecule has 0 heterocycles. The maximum Gasteiger partial charge on any atom is 0.136 e. The molecule has 0 bridgehead atoms. The maximum absolute atomic E-state index is 12.2. The average Bonchev–Trinajstić information content (AvgIpc) is 2.37. The van der Waals surface area contributed by atoms with Crippen molar-refractivity contribution in [3.63, 3.8) is 0 Å². The number of rotatable bonds is 6. The van der Waals surface area contributed by atoms with Crippen molar-refractivity contribution in [2.24, 2.45) is 17.3 Å². The summed E-state index contributed by atoms with van der Waals surface area (Å²) >= 11 is 0. The molecule has 0 aromatic carbocycles. The Morgan fingerprint density at radius 1 is 1.41 bits per heavy atom. The first-order valence-corrected chi connectivity index (χ1v) is 7.22. The molecule has 98 valence electrons. The monoisotopic (exact) mass is 236 g/mol. The zero-order valence-electron chi connectivity index (χ0n) is 11.8. The van der Waals surface area contributed by atoms with Crippen LogP contribution in [-0.4, -0.2) is 5.78 Å². The zero-order valence-corrected chi connectivity index (χ0v) is 11.8. The second kappa shape index (κ2) is 6.37. The van der Waals surface area contributed by atoms with Crippen LogP contribution in [0.5, 0.6) is 0 Å². The van der Waals surface area contributed by atoms with E-state index in [2.05, 4.69) is 27.4 Å². The van der Waals surface area contributed by atoms with E-state index in [9.17, 15) is 4.79 Å². The first-order chi connectivity index (χ1) is 8.08. The number of carbonyl (C=O) groups is 1. The normalized spacial score (nSPS) is 27.7. The van der Waals surface area contributed by atoms with Crippen LogP contribution in [0, 0.1) is 17.3 Å². The number of hydrogen-bond acceptors (Lipinski definition) is 1. The molecule has 1 aliphatic rings. The molecule has 0 spiro atoms. The summed E-state index contributed by atoms with van der Waals surface area (Å²) in [4.78, 5) is 12.2. The van der Waals surface area contributed by atoms with E-state index < -0.39 is 0 Å². The standard InChI is InChI=1S/C16H28O/c1-5-8-9-15(17)14-12-16(6-2,7-3)11-10-13(14)4/h5,13-14H,1,6-12H2,2-4H3. The quantitative estimate of drug-likeness (QED) is 0.607. The molecule has 1 nitrogen and oxygen atoms in total. The lowest BCUT2D eigenvalue weighted by atomic mass is 9.62. The van der Waals surface area contributed by atoms with Gasteiger partial charge >= 0.3 is 0 Å². The van der Waals surface area contributed by atoms with Gasteiger partial charge in [-0.2, -0.15) is 0 Å². The molecule has 0 aromatic rings. The van der Waals surface area contributed by atoms with Crippen molar-refractivity contribution in [2.45, 2.75) is 65.7 Å². The molecule has 1 fully saturated rings. The van der Waals surface area contributed by atoms with Gasteiger partial charge in [0.15, 0.2) is 0 Å². The lowest BCUT2D eigenvalue weighted by molar-refractivity contribution is -0.127. The third-order valence-corrected chi connectivity index (χ3v) is 4.98. The highest BCUT2D eigenvalue weighted by atomic mass is 16.1. The Labute approximate surface area is 107 Å². The van der Waals surface area contributed by atoms with Crippen LogP contribution in [-0.2, 0) is 4.79 Å². The summed E-state index contributed by atoms with van der Waals surface area (Å²) in [6, 6.07) is 0. The highest BCUT2D eigenvalue weighted by molar-refractivity contribution is 5.81. The summed E-state index contributed by atoms with van der Waals surface area (Å²) in [5, 5.41) is 0. The molecule has 0 N–H and O–H groups in total. The summed E-state index contributed by atoms with van der Waals surface area (Å²) in [7, 11) is 0. The Kier molecular flexibility index (Phi) is 5.42. The van der Waals surface area contributed by atoms with E-state index in [0.717, 1.165) is 12.8 Å². The number of allylic oxidation sites excluding steroid dienone is 1. The molecule has 1 aliphatic carbocycles. The molecule has 1 saturated carbocycles. The van der Waals surface area contributed by atoms with Crippen LogP contribution in [0.15, 0.2) is 12.7 Å². The van der Waals surface area contributed by atoms with E-state index in [1.165, 1.54) is 25.7 Å². The van der Waals surface area contributed by atoms with Crippen molar-refractivity contribution in [3.05, 3.63) is 12.7 Å². The first-order valence-electron chi connectivity index (χ1n) is 7.22. The van der Waals surface area contributed by atoms with Crippen LogP contribution in [0.25, 0.3) is 0 Å². The predicted octanol–water partition coefficient (Wildman–Crippen LogP) is 4.76. The topological polar surface area (TPSA) is 17.1 Å². The second-order valence-corrected chi connectivity index (χ2v) is 5.83. The van der Waals surface area contributed by atoms with Crippen molar-refractivity contribution in [1.82, 2.24) is 0 Å². The Morgan fingerprint density at radius 3 is 2.59 bits per heavy atom. The van der Waals surface area contributed by atoms with Gasteiger partial charge in [0.1, 0.15) is 5.78 Å². The van der Waals surface area contributed by atoms with Crippen LogP contribution in [0.4, 0.5) is 0 Å². The highest BCUT2D eigenvalue weighted by Gasteiger charge is 2.39. The smallest absolute Gasteiger partial charge is 0.136 e. The summed E-state index contributed by atoms with van der Waals surface area (Å²) in [6.45, 7) is 10.5. The highest BCUT2D eigenvalue weighted by Crippen LogP contribution is 2.47. The Bertz CT molecular complexity index is 263. The van der Waals surface area contributed by atoms with Gasteiger partial charge in [-0.1, -0.05) is 39.7 Å². The number of ketones is 1. The summed E-state index contributed by atoms with van der Waals surface area (Å²) in [5.41, 5.74) is 0.445. The van der Waals surface area contributed by atoms with Gasteiger partial charge in [0.25, 0.3) is 0 Å². The van der Waals surface area contributed by atoms with E-state index >= 15 is 0 Å². The van der Waals surface area contributed by atoms with Crippen LogP contribution in [0.1, 0.15) is 65.7 Å². The van der Waals surface area contributed by atoms with Gasteiger partial charge in [0.2, 0.25) is 0 Å². The minimum atomic E-state index is 0.309. The maximum atomic E-state index is 12.2. The molecule has 1 heteroatoms. The third kappa shape index (κ3) is 3.43. The van der Waals surface area contributed by atoms with E-state index in [-0.39, 0.29) is 0 Å². The molecular formula is C16H28O. The first kappa shape index (κ1) is 14.5. The Morgan fingerprint density at radius 2 is 2.06 bits per heavy atom. The Balaban J connectivity index is 2.68. The van der Waals surface area contributed by atoms with E-state index in [1.54, 1.807) is 0 Å². The second-order valence-electron chi connectivity index (χ2n) is 5.83. The number of hydrogen-bond donors (Lipinski definition) is 0. The molecule has 17 heavy (non-hydrogen) atoms. The van der Waals surface area contributed by atoms with Gasteiger partial charge in [-0.25, -0.2) is 0 Å². The summed E-state index contributed by atoms with van der Waals surface area (Å²) < 4.78 is 0. The molecular weight excluding hydrogens is 208 g/mol. The van der Waals surface area contributed by atoms with Crippen LogP contribution < -0.4 is 0 Å². The average molecular weight is 236 g/mol. The van der Waals surface area contributed by atoms with Gasteiger partial charge in [0.05, 0.1) is 0 Å². The van der Waals surface area contributed by atoms with Crippen molar-refractivity contribution in [2.75, 3.05) is 0 Å². The van der Waals surface area contributed by atoms with Gasteiger partial charge in [-0.15, -0.1) is 6.58 Å². The van der Waals surface area contributed by atoms with Crippen molar-refractivity contribution in [1.29, 1.82) is 0 Å². The lowest BCUT2D eigenvalue weighted by Crippen LogP contribution is -2.36. The van der Waals surface area contributed by atoms with Crippen molar-refractivity contribution in [3.8, 4) is 0 Å². The molecule has 0 radical (unpaired) electrons. The van der Waals surface area contributed by atoms with Crippen LogP contribution in [0.3, 0.4) is 0 Å². The van der Waals surface area contributed by atoms with Crippen molar-refractivity contribution < 1.29 is 4.79 Å². The largest absolute Gasteiger partial charge is 0.299 e. The van der Waals surface area contributed by atoms with E-state index in [1.807, 2.05) is 6.08 Å². The minimum absolute atomic E-state index is 0.309. The fourth-order valence-corrected chi connectivity index (χ4v) is 3.26. The summed E-state index contributed by atoms with van der Waals surface area (Å²) in [5.74, 6) is 1.37. The van der Waals surface area contributed by atoms with E-state index in [4.69, 9.17) is 0 Å². The van der Waals surface area contributed by atoms with Crippen LogP contribution >= 0.6 is 0 Å². The minimum Gasteiger partial charge on any atom is -0.299 e. The molecule has 2 unspecified atom stereocenters. The van der Waals surface area contributed by atoms with Gasteiger partial charge in [-0.3, -0.25) is 4.79 Å². The third-order valence-electron chi connectivity index (χ3n) is 4.98. The SMILES string of the molecule is C=CCCC(=O)C1CC(CC)(CC)CCC1C. The lowest BCUT2D eigenvalue weighted by Gasteiger charge is -2.42. The zero-order chi connectivity index (χ0) is 12.9. The van der Waals surface area contributed by atoms with Gasteiger partial charge in [-0.05, 0) is 37.0 Å². The molecule has 0 aromatic heterocycles. The van der Waals surface area contributed by atoms with Crippen molar-refractivity contribution >= 4 is 5.78 Å². The summed E-state index contributed by atoms with van der Waals surface area (Å²) in [6.07, 6.45) is 9.51. The fraction of sp³-hybridized carbons (Fsp3) is 0.812. The van der Waals surface area contributed by atoms with Crippen LogP contribution in [0.2, 0.25) is 0 Å². The Hall–Kier alpha value is -0.590. The van der Waals surface area contributed by atoms with Gasteiger partial charge in [0, 0.05) is 12.3 Å². The molecule has 0 aliphatic heterocycles. The van der Waals surface area contributed by atoms with E-state index in [0.29, 0.717) is 29.5 Å². The fourth-order valence-electron chi connectivity index (χ4n) is 3.26. The molecule has 2 atom stereocenters. The molecule has 1 rings (SSSR count). The number of carbonyl (C=O) groups excluding carboxylic acids is 1. The molecule has 0 saturated heterocycles. The number of Topliss-reactive ketones (excluding diaryl/α,β-unsaturated/α-hetero) is 1. The van der Waals surface area contributed by atoms with Gasteiger partial charge < -0.3 is 0 Å². The predicted molar refractivity (Wildman–Crippen MR) is 74.0 cm³/mol.